The molecule has 28 heavy (non-hydrogen) atoms. The van der Waals surface area contributed by atoms with Gasteiger partial charge in [-0.15, -0.1) is 24.0 Å². The van der Waals surface area contributed by atoms with Crippen LogP contribution in [0.1, 0.15) is 36.6 Å². The minimum absolute atomic E-state index is 0. The fraction of sp³-hybridized carbons (Fsp3) is 0.579. The minimum atomic E-state index is -1.13. The van der Waals surface area contributed by atoms with Crippen LogP contribution >= 0.6 is 24.0 Å². The number of hydrogen-bond acceptors (Lipinski definition) is 5. The minimum Gasteiger partial charge on any atom is -0.466 e. The van der Waals surface area contributed by atoms with E-state index in [0.717, 1.165) is 30.0 Å². The zero-order chi connectivity index (χ0) is 19.9. The van der Waals surface area contributed by atoms with Gasteiger partial charge in [0, 0.05) is 24.9 Å². The summed E-state index contributed by atoms with van der Waals surface area (Å²) in [6, 6.07) is 3.52. The van der Waals surface area contributed by atoms with Gasteiger partial charge in [0.05, 0.1) is 38.2 Å². The first kappa shape index (κ1) is 24.4. The molecule has 1 unspecified atom stereocenters. The molecule has 0 amide bonds. The third kappa shape index (κ3) is 6.49. The second kappa shape index (κ2) is 11.4. The van der Waals surface area contributed by atoms with E-state index >= 15 is 0 Å². The summed E-state index contributed by atoms with van der Waals surface area (Å²) in [5.74, 6) is 1.14. The number of nitrogens with one attached hydrogen (secondary N) is 2. The third-order valence-corrected chi connectivity index (χ3v) is 4.43. The molecule has 0 aromatic carbocycles. The summed E-state index contributed by atoms with van der Waals surface area (Å²) in [5, 5.41) is 21.5. The molecule has 0 bridgehead atoms. The molecule has 2 aromatic rings. The highest BCUT2D eigenvalue weighted by atomic mass is 127. The highest BCUT2D eigenvalue weighted by molar-refractivity contribution is 14.0. The summed E-state index contributed by atoms with van der Waals surface area (Å²) in [6.07, 6.45) is 1.55. The molecule has 2 aromatic heterocycles. The van der Waals surface area contributed by atoms with Crippen LogP contribution in [0.5, 0.6) is 0 Å². The molecule has 0 fully saturated rings. The third-order valence-electron chi connectivity index (χ3n) is 4.43. The number of ether oxygens (including phenoxy) is 1. The summed E-state index contributed by atoms with van der Waals surface area (Å²) < 4.78 is 12.4. The van der Waals surface area contributed by atoms with Crippen LogP contribution in [0.3, 0.4) is 0 Å². The Labute approximate surface area is 183 Å². The molecule has 0 aliphatic rings. The fourth-order valence-electron chi connectivity index (χ4n) is 2.79. The summed E-state index contributed by atoms with van der Waals surface area (Å²) >= 11 is 0. The van der Waals surface area contributed by atoms with Gasteiger partial charge >= 0.3 is 0 Å². The van der Waals surface area contributed by atoms with Crippen LogP contribution in [0.4, 0.5) is 0 Å². The van der Waals surface area contributed by atoms with E-state index in [4.69, 9.17) is 9.15 Å². The van der Waals surface area contributed by atoms with Crippen molar-refractivity contribution < 1.29 is 14.3 Å². The average molecular weight is 505 g/mol. The van der Waals surface area contributed by atoms with E-state index in [1.165, 1.54) is 0 Å². The Morgan fingerprint density at radius 2 is 2.14 bits per heavy atom. The lowest BCUT2D eigenvalue weighted by Crippen LogP contribution is -2.44. The van der Waals surface area contributed by atoms with Crippen LogP contribution < -0.4 is 10.6 Å². The van der Waals surface area contributed by atoms with Gasteiger partial charge < -0.3 is 24.9 Å². The molecule has 2 rings (SSSR count). The van der Waals surface area contributed by atoms with E-state index in [9.17, 15) is 5.11 Å². The Kier molecular flexibility index (Phi) is 9.97. The Morgan fingerprint density at radius 3 is 2.75 bits per heavy atom. The molecular weight excluding hydrogens is 473 g/mol. The van der Waals surface area contributed by atoms with Crippen LogP contribution in [0.25, 0.3) is 0 Å². The zero-order valence-electron chi connectivity index (χ0n) is 17.3. The van der Waals surface area contributed by atoms with Gasteiger partial charge in [-0.2, -0.15) is 5.10 Å². The number of halogens is 1. The quantitative estimate of drug-likeness (QED) is 0.275. The molecule has 158 valence electrons. The van der Waals surface area contributed by atoms with Gasteiger partial charge in [0.25, 0.3) is 0 Å². The summed E-state index contributed by atoms with van der Waals surface area (Å²) in [6.45, 7) is 10.6. The largest absolute Gasteiger partial charge is 0.466 e. The monoisotopic (exact) mass is 505 g/mol. The number of hydrogen-bond donors (Lipinski definition) is 3. The molecule has 2 heterocycles. The first-order chi connectivity index (χ1) is 12.9. The summed E-state index contributed by atoms with van der Waals surface area (Å²) in [5.41, 5.74) is 2.02. The molecule has 0 saturated carbocycles. The lowest BCUT2D eigenvalue weighted by molar-refractivity contribution is 0.0386. The highest BCUT2D eigenvalue weighted by Gasteiger charge is 2.26. The Morgan fingerprint density at radius 1 is 1.39 bits per heavy atom. The predicted octanol–water partition coefficient (Wildman–Crippen LogP) is 2.32. The number of rotatable bonds is 9. The number of aliphatic imine (C=N–C) groups is 1. The number of guanidine groups is 1. The molecule has 0 aliphatic carbocycles. The predicted molar refractivity (Wildman–Crippen MR) is 120 cm³/mol. The Bertz CT molecular complexity index is 741. The number of aryl methyl sites for hydroxylation is 1. The number of nitrogens with zero attached hydrogens (tertiary/aromatic N) is 3. The molecule has 0 aliphatic heterocycles. The van der Waals surface area contributed by atoms with Crippen LogP contribution in [-0.2, 0) is 23.4 Å². The number of furan rings is 1. The van der Waals surface area contributed by atoms with Crippen molar-refractivity contribution in [2.75, 3.05) is 26.8 Å². The SMILES string of the molecule is CCNC(=NCc1c(C)nn(CCOC)c1C)NCC(C)(O)c1ccco1.I. The van der Waals surface area contributed by atoms with Crippen LogP contribution in [0.2, 0.25) is 0 Å². The first-order valence-corrected chi connectivity index (χ1v) is 9.19. The van der Waals surface area contributed by atoms with Gasteiger partial charge in [-0.25, -0.2) is 4.99 Å². The molecule has 0 radical (unpaired) electrons. The van der Waals surface area contributed by atoms with Gasteiger partial charge in [-0.3, -0.25) is 4.68 Å². The normalized spacial score (nSPS) is 13.7. The van der Waals surface area contributed by atoms with E-state index < -0.39 is 5.60 Å². The molecular formula is C19H32IN5O3. The molecule has 0 saturated heterocycles. The topological polar surface area (TPSA) is 96.8 Å². The van der Waals surface area contributed by atoms with Gasteiger partial charge in [0.15, 0.2) is 5.96 Å². The van der Waals surface area contributed by atoms with Crippen molar-refractivity contribution in [1.82, 2.24) is 20.4 Å². The maximum Gasteiger partial charge on any atom is 0.191 e. The van der Waals surface area contributed by atoms with Crippen molar-refractivity contribution in [2.45, 2.75) is 46.4 Å². The van der Waals surface area contributed by atoms with Crippen molar-refractivity contribution in [3.8, 4) is 0 Å². The van der Waals surface area contributed by atoms with Gasteiger partial charge in [-0.1, -0.05) is 0 Å². The second-order valence-corrected chi connectivity index (χ2v) is 6.67. The Balaban J connectivity index is 0.00000392. The standard InChI is InChI=1S/C19H31N5O3.HI/c1-6-20-18(22-13-19(4,25)17-8-7-10-27-17)21-12-16-14(2)23-24(15(16)3)9-11-26-5;/h7-8,10,25H,6,9,11-13H2,1-5H3,(H2,20,21,22);1H. The van der Waals surface area contributed by atoms with Gasteiger partial charge in [0.1, 0.15) is 11.4 Å². The molecule has 0 spiro atoms. The zero-order valence-corrected chi connectivity index (χ0v) is 19.6. The molecule has 9 heteroatoms. The van der Waals surface area contributed by atoms with Crippen molar-refractivity contribution in [3.05, 3.63) is 41.1 Å². The van der Waals surface area contributed by atoms with Crippen molar-refractivity contribution in [2.24, 2.45) is 4.99 Å². The van der Waals surface area contributed by atoms with Crippen molar-refractivity contribution >= 4 is 29.9 Å². The molecule has 3 N–H and O–H groups in total. The fourth-order valence-corrected chi connectivity index (χ4v) is 2.79. The van der Waals surface area contributed by atoms with E-state index in [0.29, 0.717) is 24.9 Å². The van der Waals surface area contributed by atoms with E-state index in [2.05, 4.69) is 20.7 Å². The van der Waals surface area contributed by atoms with Gasteiger partial charge in [-0.05, 0) is 39.8 Å². The lowest BCUT2D eigenvalue weighted by Gasteiger charge is -2.22. The van der Waals surface area contributed by atoms with Crippen LogP contribution in [0.15, 0.2) is 27.8 Å². The average Bonchev–Trinajstić information content (AvgIpc) is 3.26. The van der Waals surface area contributed by atoms with Crippen LogP contribution in [0, 0.1) is 13.8 Å². The number of methoxy groups -OCH3 is 1. The Hall–Kier alpha value is -1.59. The maximum absolute atomic E-state index is 10.6. The number of aliphatic hydroxyl groups is 1. The van der Waals surface area contributed by atoms with Gasteiger partial charge in [0.2, 0.25) is 0 Å². The smallest absolute Gasteiger partial charge is 0.191 e. The van der Waals surface area contributed by atoms with Crippen LogP contribution in [-0.4, -0.2) is 47.7 Å². The van der Waals surface area contributed by atoms with E-state index in [1.807, 2.05) is 25.5 Å². The highest BCUT2D eigenvalue weighted by Crippen LogP contribution is 2.19. The van der Waals surface area contributed by atoms with E-state index in [-0.39, 0.29) is 30.5 Å². The molecule has 1 atom stereocenters. The van der Waals surface area contributed by atoms with Crippen molar-refractivity contribution in [1.29, 1.82) is 0 Å². The second-order valence-electron chi connectivity index (χ2n) is 6.67. The van der Waals surface area contributed by atoms with E-state index in [1.54, 1.807) is 32.4 Å². The maximum atomic E-state index is 10.6. The lowest BCUT2D eigenvalue weighted by atomic mass is 10.0. The van der Waals surface area contributed by atoms with Crippen molar-refractivity contribution in [3.63, 3.8) is 0 Å². The molecule has 8 nitrogen and oxygen atoms in total. The number of aromatic nitrogens is 2. The first-order valence-electron chi connectivity index (χ1n) is 9.19. The summed E-state index contributed by atoms with van der Waals surface area (Å²) in [7, 11) is 1.68. The summed E-state index contributed by atoms with van der Waals surface area (Å²) in [4.78, 5) is 4.65.